The van der Waals surface area contributed by atoms with Crippen LogP contribution in [0.3, 0.4) is 0 Å². The van der Waals surface area contributed by atoms with Gasteiger partial charge in [0.1, 0.15) is 11.2 Å². The lowest BCUT2D eigenvalue weighted by atomic mass is 10.3. The molecule has 4 heterocycles. The highest BCUT2D eigenvalue weighted by atomic mass is 19.1. The minimum Gasteiger partial charge on any atom is -0.481 e. The van der Waals surface area contributed by atoms with Gasteiger partial charge in [-0.1, -0.05) is 6.07 Å². The first-order chi connectivity index (χ1) is 15.4. The molecular formula is C20H19FN8O3. The van der Waals surface area contributed by atoms with E-state index >= 15 is 0 Å². The van der Waals surface area contributed by atoms with Crippen molar-refractivity contribution in [1.29, 1.82) is 0 Å². The zero-order valence-corrected chi connectivity index (χ0v) is 17.0. The van der Waals surface area contributed by atoms with Crippen LogP contribution in [0.2, 0.25) is 0 Å². The number of nitrogens with two attached hydrogens (primary N) is 1. The molecule has 0 saturated heterocycles. The predicted octanol–water partition coefficient (Wildman–Crippen LogP) is 3.09. The van der Waals surface area contributed by atoms with Crippen LogP contribution >= 0.6 is 0 Å². The third kappa shape index (κ3) is 4.69. The Bertz CT molecular complexity index is 1270. The lowest BCUT2D eigenvalue weighted by Gasteiger charge is -2.10. The predicted molar refractivity (Wildman–Crippen MR) is 115 cm³/mol. The van der Waals surface area contributed by atoms with Gasteiger partial charge in [0.15, 0.2) is 11.6 Å². The maximum atomic E-state index is 14.0. The van der Waals surface area contributed by atoms with Crippen molar-refractivity contribution in [2.45, 2.75) is 18.9 Å². The highest BCUT2D eigenvalue weighted by Crippen LogP contribution is 2.26. The second-order valence-corrected chi connectivity index (χ2v) is 6.95. The summed E-state index contributed by atoms with van der Waals surface area (Å²) in [6, 6.07) is 8.31. The van der Waals surface area contributed by atoms with E-state index in [1.807, 2.05) is 0 Å². The molecule has 0 aliphatic heterocycles. The van der Waals surface area contributed by atoms with Crippen molar-refractivity contribution < 1.29 is 14.1 Å². The molecular weight excluding hydrogens is 419 g/mol. The molecule has 32 heavy (non-hydrogen) atoms. The zero-order chi connectivity index (χ0) is 22.7. The first-order valence-electron chi connectivity index (χ1n) is 9.62. The summed E-state index contributed by atoms with van der Waals surface area (Å²) in [7, 11) is 1.53. The number of nitrogens with one attached hydrogen (secondary N) is 1. The Morgan fingerprint density at radius 2 is 2.12 bits per heavy atom. The molecule has 164 valence electrons. The summed E-state index contributed by atoms with van der Waals surface area (Å²) in [4.78, 5) is 21.9. The molecule has 0 atom stereocenters. The van der Waals surface area contributed by atoms with Gasteiger partial charge < -0.3 is 15.8 Å². The molecule has 1 aliphatic rings. The summed E-state index contributed by atoms with van der Waals surface area (Å²) in [6.07, 6.45) is 5.85. The van der Waals surface area contributed by atoms with Gasteiger partial charge >= 0.3 is 0 Å². The Kier molecular flexibility index (Phi) is 5.75. The average Bonchev–Trinajstić information content (AvgIpc) is 3.57. The van der Waals surface area contributed by atoms with Crippen molar-refractivity contribution in [3.63, 3.8) is 0 Å². The molecule has 0 radical (unpaired) electrons. The average molecular weight is 438 g/mol. The summed E-state index contributed by atoms with van der Waals surface area (Å²) < 4.78 is 20.7. The maximum Gasteiger partial charge on any atom is 0.213 e. The number of aromatic nitrogens is 5. The molecule has 4 aromatic heterocycles. The molecule has 3 N–H and O–H groups in total. The molecule has 5 rings (SSSR count). The number of methoxy groups -OCH3 is 1. The standard InChI is InChI=1S/C17H14FN7O.C3H5NO2/c1-26-15-4-2-3-13(21-15)16-23-17(14-7-10(19)9-25(14)24-16)22-12-5-6-20-8-11(12)18;5-4(6)3-1-2-3/h2-9H,19H2,1H3,(H,20,22,23,24);3H,1-2H2. The van der Waals surface area contributed by atoms with Gasteiger partial charge in [0.2, 0.25) is 17.7 Å². The molecule has 1 fully saturated rings. The van der Waals surface area contributed by atoms with Gasteiger partial charge in [-0.2, -0.15) is 0 Å². The fourth-order valence-corrected chi connectivity index (χ4v) is 2.76. The minimum atomic E-state index is -0.496. The van der Waals surface area contributed by atoms with E-state index < -0.39 is 5.82 Å². The molecule has 11 nitrogen and oxygen atoms in total. The quantitative estimate of drug-likeness (QED) is 0.354. The Hall–Kier alpha value is -4.35. The third-order valence-electron chi connectivity index (χ3n) is 4.52. The van der Waals surface area contributed by atoms with E-state index in [1.165, 1.54) is 19.4 Å². The second-order valence-electron chi connectivity index (χ2n) is 6.95. The van der Waals surface area contributed by atoms with E-state index in [1.54, 1.807) is 35.0 Å². The number of nitro groups is 1. The monoisotopic (exact) mass is 438 g/mol. The Balaban J connectivity index is 0.000000354. The van der Waals surface area contributed by atoms with Crippen molar-refractivity contribution in [2.75, 3.05) is 18.2 Å². The van der Waals surface area contributed by atoms with Crippen molar-refractivity contribution in [2.24, 2.45) is 0 Å². The van der Waals surface area contributed by atoms with Crippen LogP contribution in [0.5, 0.6) is 5.88 Å². The molecule has 12 heteroatoms. The fraction of sp³-hybridized carbons (Fsp3) is 0.200. The molecule has 0 spiro atoms. The van der Waals surface area contributed by atoms with Crippen LogP contribution in [0.4, 0.5) is 21.6 Å². The highest BCUT2D eigenvalue weighted by Gasteiger charge is 2.33. The fourth-order valence-electron chi connectivity index (χ4n) is 2.76. The number of hydrogen-bond acceptors (Lipinski definition) is 9. The Morgan fingerprint density at radius 3 is 2.78 bits per heavy atom. The number of anilines is 3. The van der Waals surface area contributed by atoms with E-state index in [9.17, 15) is 14.5 Å². The van der Waals surface area contributed by atoms with E-state index in [0.29, 0.717) is 34.4 Å². The van der Waals surface area contributed by atoms with Crippen molar-refractivity contribution in [1.82, 2.24) is 24.6 Å². The molecule has 1 aliphatic carbocycles. The number of pyridine rings is 2. The number of fused-ring (bicyclic) bond motifs is 1. The third-order valence-corrected chi connectivity index (χ3v) is 4.52. The van der Waals surface area contributed by atoms with Gasteiger partial charge in [-0.05, 0) is 18.2 Å². The van der Waals surface area contributed by atoms with Crippen LogP contribution in [0.15, 0.2) is 48.9 Å². The summed E-state index contributed by atoms with van der Waals surface area (Å²) in [5.74, 6) is 0.670. The van der Waals surface area contributed by atoms with Crippen LogP contribution in [0.25, 0.3) is 17.0 Å². The number of nitrogen functional groups attached to an aromatic ring is 1. The SMILES string of the molecule is COc1cccc(-c2nc(Nc3ccncc3F)c3cc(N)cn3n2)n1.O=[N+]([O-])C1CC1. The number of hydrogen-bond donors (Lipinski definition) is 2. The zero-order valence-electron chi connectivity index (χ0n) is 17.0. The molecule has 4 aromatic rings. The normalized spacial score (nSPS) is 12.7. The lowest BCUT2D eigenvalue weighted by Crippen LogP contribution is -2.05. The van der Waals surface area contributed by atoms with E-state index in [-0.39, 0.29) is 16.7 Å². The summed E-state index contributed by atoms with van der Waals surface area (Å²) in [5.41, 5.74) is 7.74. The van der Waals surface area contributed by atoms with Gasteiger partial charge in [0.05, 0.1) is 30.9 Å². The second kappa shape index (κ2) is 8.79. The Labute approximate surface area is 181 Å². The number of rotatable bonds is 5. The van der Waals surface area contributed by atoms with Crippen molar-refractivity contribution in [3.05, 3.63) is 64.9 Å². The highest BCUT2D eigenvalue weighted by molar-refractivity contribution is 5.77. The Morgan fingerprint density at radius 1 is 1.31 bits per heavy atom. The number of halogens is 1. The van der Waals surface area contributed by atoms with Gasteiger partial charge in [-0.15, -0.1) is 5.10 Å². The van der Waals surface area contributed by atoms with Crippen LogP contribution in [0.1, 0.15) is 12.8 Å². The minimum absolute atomic E-state index is 0.176. The molecule has 0 bridgehead atoms. The van der Waals surface area contributed by atoms with Crippen molar-refractivity contribution >= 4 is 22.7 Å². The smallest absolute Gasteiger partial charge is 0.213 e. The molecule has 0 amide bonds. The van der Waals surface area contributed by atoms with Crippen LogP contribution in [0, 0.1) is 15.9 Å². The summed E-state index contributed by atoms with van der Waals surface area (Å²) in [5, 5.41) is 17.0. The summed E-state index contributed by atoms with van der Waals surface area (Å²) >= 11 is 0. The lowest BCUT2D eigenvalue weighted by molar-refractivity contribution is -0.494. The van der Waals surface area contributed by atoms with Gasteiger partial charge in [0, 0.05) is 30.0 Å². The van der Waals surface area contributed by atoms with Gasteiger partial charge in [-0.3, -0.25) is 15.1 Å². The van der Waals surface area contributed by atoms with E-state index in [2.05, 4.69) is 25.4 Å². The van der Waals surface area contributed by atoms with E-state index in [4.69, 9.17) is 10.5 Å². The van der Waals surface area contributed by atoms with Crippen molar-refractivity contribution in [3.8, 4) is 17.4 Å². The largest absolute Gasteiger partial charge is 0.481 e. The van der Waals surface area contributed by atoms with Crippen LogP contribution in [-0.2, 0) is 0 Å². The molecule has 0 unspecified atom stereocenters. The summed E-state index contributed by atoms with van der Waals surface area (Å²) in [6.45, 7) is 0. The first kappa shape index (κ1) is 20.9. The number of ether oxygens (including phenoxy) is 1. The van der Waals surface area contributed by atoms with Crippen LogP contribution < -0.4 is 15.8 Å². The first-order valence-corrected chi connectivity index (χ1v) is 9.62. The van der Waals surface area contributed by atoms with Gasteiger partial charge in [0.25, 0.3) is 0 Å². The molecule has 1 saturated carbocycles. The van der Waals surface area contributed by atoms with E-state index in [0.717, 1.165) is 19.0 Å². The van der Waals surface area contributed by atoms with Gasteiger partial charge in [-0.25, -0.2) is 18.9 Å². The number of nitrogens with zero attached hydrogens (tertiary/aromatic N) is 6. The molecule has 0 aromatic carbocycles. The maximum absolute atomic E-state index is 14.0. The topological polar surface area (TPSA) is 146 Å². The van der Waals surface area contributed by atoms with Crippen LogP contribution in [-0.4, -0.2) is 42.6 Å².